The van der Waals surface area contributed by atoms with Crippen molar-refractivity contribution in [3.05, 3.63) is 0 Å². The van der Waals surface area contributed by atoms with Gasteiger partial charge in [0.15, 0.2) is 5.92 Å². The molecule has 4 nitrogen and oxygen atoms in total. The van der Waals surface area contributed by atoms with Gasteiger partial charge in [-0.3, -0.25) is 9.59 Å². The van der Waals surface area contributed by atoms with E-state index in [-0.39, 0.29) is 4.58 Å². The van der Waals surface area contributed by atoms with Gasteiger partial charge in [-0.1, -0.05) is 0 Å². The molecular formula is C8H12O4S2. The van der Waals surface area contributed by atoms with Crippen LogP contribution in [0.5, 0.6) is 0 Å². The van der Waals surface area contributed by atoms with Gasteiger partial charge in [0.2, 0.25) is 0 Å². The highest BCUT2D eigenvalue weighted by atomic mass is 32.2. The molecular weight excluding hydrogens is 224 g/mol. The van der Waals surface area contributed by atoms with Crippen molar-refractivity contribution < 1.29 is 19.4 Å². The van der Waals surface area contributed by atoms with Gasteiger partial charge in [-0.25, -0.2) is 0 Å². The average molecular weight is 236 g/mol. The second-order valence-corrected chi connectivity index (χ2v) is 5.74. The van der Waals surface area contributed by atoms with Crippen molar-refractivity contribution in [2.45, 2.75) is 11.0 Å². The Bertz CT molecular complexity index is 225. The smallest absolute Gasteiger partial charge is 0.320 e. The topological polar surface area (TPSA) is 63.6 Å². The first kappa shape index (κ1) is 11.7. The summed E-state index contributed by atoms with van der Waals surface area (Å²) in [6, 6.07) is 0. The summed E-state index contributed by atoms with van der Waals surface area (Å²) in [7, 11) is 1.22. The van der Waals surface area contributed by atoms with E-state index in [9.17, 15) is 9.59 Å². The van der Waals surface area contributed by atoms with Crippen molar-refractivity contribution in [1.29, 1.82) is 0 Å². The maximum atomic E-state index is 11.1. The van der Waals surface area contributed by atoms with Crippen LogP contribution >= 0.6 is 23.5 Å². The predicted molar refractivity (Wildman–Crippen MR) is 56.5 cm³/mol. The molecule has 0 bridgehead atoms. The van der Waals surface area contributed by atoms with E-state index in [1.165, 1.54) is 7.11 Å². The molecule has 0 spiro atoms. The lowest BCUT2D eigenvalue weighted by Gasteiger charge is -2.13. The number of carboxylic acid groups (broad SMARTS) is 1. The molecule has 0 aromatic rings. The maximum Gasteiger partial charge on any atom is 0.320 e. The van der Waals surface area contributed by atoms with Crippen LogP contribution in [0.3, 0.4) is 0 Å². The van der Waals surface area contributed by atoms with E-state index in [1.54, 1.807) is 23.5 Å². The number of hydrogen-bond acceptors (Lipinski definition) is 5. The van der Waals surface area contributed by atoms with Crippen LogP contribution < -0.4 is 0 Å². The van der Waals surface area contributed by atoms with Gasteiger partial charge in [0.25, 0.3) is 0 Å². The Kier molecular flexibility index (Phi) is 4.60. The fourth-order valence-corrected chi connectivity index (χ4v) is 4.09. The first-order chi connectivity index (χ1) is 6.65. The molecule has 0 aromatic carbocycles. The highest BCUT2D eigenvalue weighted by Gasteiger charge is 2.32. The Balaban J connectivity index is 2.50. The van der Waals surface area contributed by atoms with Crippen molar-refractivity contribution in [2.24, 2.45) is 5.92 Å². The second kappa shape index (κ2) is 5.50. The van der Waals surface area contributed by atoms with E-state index in [2.05, 4.69) is 4.74 Å². The van der Waals surface area contributed by atoms with Gasteiger partial charge in [-0.15, -0.1) is 23.5 Å². The molecule has 1 fully saturated rings. The predicted octanol–water partition coefficient (Wildman–Crippen LogP) is 1.06. The van der Waals surface area contributed by atoms with Crippen molar-refractivity contribution in [3.8, 4) is 0 Å². The van der Waals surface area contributed by atoms with Crippen LogP contribution in [0.2, 0.25) is 0 Å². The first-order valence-corrected chi connectivity index (χ1v) is 6.28. The highest BCUT2D eigenvalue weighted by molar-refractivity contribution is 8.20. The third-order valence-electron chi connectivity index (χ3n) is 1.90. The van der Waals surface area contributed by atoms with Gasteiger partial charge in [0.1, 0.15) is 0 Å². The molecule has 1 N–H and O–H groups in total. The molecule has 1 aliphatic rings. The van der Waals surface area contributed by atoms with Gasteiger partial charge < -0.3 is 9.84 Å². The molecule has 0 amide bonds. The van der Waals surface area contributed by atoms with Crippen molar-refractivity contribution in [2.75, 3.05) is 18.6 Å². The van der Waals surface area contributed by atoms with Crippen molar-refractivity contribution in [3.63, 3.8) is 0 Å². The largest absolute Gasteiger partial charge is 0.481 e. The summed E-state index contributed by atoms with van der Waals surface area (Å²) in [5, 5.41) is 8.82. The van der Waals surface area contributed by atoms with E-state index in [4.69, 9.17) is 5.11 Å². The Hall–Kier alpha value is -0.360. The van der Waals surface area contributed by atoms with Gasteiger partial charge >= 0.3 is 11.9 Å². The summed E-state index contributed by atoms with van der Waals surface area (Å²) in [5.41, 5.74) is 0. The van der Waals surface area contributed by atoms with Gasteiger partial charge in [-0.05, 0) is 6.42 Å². The minimum absolute atomic E-state index is 0.218. The number of hydrogen-bond donors (Lipinski definition) is 1. The molecule has 1 unspecified atom stereocenters. The lowest BCUT2D eigenvalue weighted by atomic mass is 10.1. The lowest BCUT2D eigenvalue weighted by molar-refractivity contribution is -0.156. The van der Waals surface area contributed by atoms with Crippen LogP contribution in [0.15, 0.2) is 0 Å². The van der Waals surface area contributed by atoms with Crippen molar-refractivity contribution >= 4 is 35.5 Å². The Morgan fingerprint density at radius 1 is 1.50 bits per heavy atom. The third kappa shape index (κ3) is 3.09. The number of carbonyl (C=O) groups excluding carboxylic acids is 1. The van der Waals surface area contributed by atoms with Crippen LogP contribution in [0.25, 0.3) is 0 Å². The van der Waals surface area contributed by atoms with Crippen LogP contribution in [0.1, 0.15) is 6.42 Å². The summed E-state index contributed by atoms with van der Waals surface area (Å²) in [6.45, 7) is 0. The van der Waals surface area contributed by atoms with Gasteiger partial charge in [0, 0.05) is 11.5 Å². The van der Waals surface area contributed by atoms with Crippen molar-refractivity contribution in [1.82, 2.24) is 0 Å². The first-order valence-electron chi connectivity index (χ1n) is 4.19. The number of methoxy groups -OCH3 is 1. The summed E-state index contributed by atoms with van der Waals surface area (Å²) in [4.78, 5) is 21.9. The van der Waals surface area contributed by atoms with Crippen LogP contribution in [0.4, 0.5) is 0 Å². The Morgan fingerprint density at radius 3 is 2.50 bits per heavy atom. The Morgan fingerprint density at radius 2 is 2.07 bits per heavy atom. The molecule has 6 heteroatoms. The van der Waals surface area contributed by atoms with Gasteiger partial charge in [-0.2, -0.15) is 0 Å². The highest BCUT2D eigenvalue weighted by Crippen LogP contribution is 2.36. The minimum Gasteiger partial charge on any atom is -0.481 e. The zero-order valence-corrected chi connectivity index (χ0v) is 9.40. The molecule has 1 saturated heterocycles. The van der Waals surface area contributed by atoms with Crippen LogP contribution in [-0.2, 0) is 14.3 Å². The molecule has 0 aliphatic carbocycles. The number of aliphatic carboxylic acids is 1. The summed E-state index contributed by atoms with van der Waals surface area (Å²) in [5.74, 6) is -0.690. The molecule has 0 aromatic heterocycles. The van der Waals surface area contributed by atoms with E-state index < -0.39 is 17.9 Å². The molecule has 80 valence electrons. The summed E-state index contributed by atoms with van der Waals surface area (Å²) < 4.78 is 4.66. The summed E-state index contributed by atoms with van der Waals surface area (Å²) >= 11 is 3.42. The number of carboxylic acids is 1. The van der Waals surface area contributed by atoms with Crippen LogP contribution in [0, 0.1) is 5.92 Å². The van der Waals surface area contributed by atoms with Crippen LogP contribution in [-0.4, -0.2) is 40.2 Å². The average Bonchev–Trinajstić information content (AvgIpc) is 2.65. The zero-order chi connectivity index (χ0) is 10.6. The van der Waals surface area contributed by atoms with E-state index in [0.717, 1.165) is 11.5 Å². The zero-order valence-electron chi connectivity index (χ0n) is 7.76. The number of rotatable bonds is 4. The summed E-state index contributed by atoms with van der Waals surface area (Å²) in [6.07, 6.45) is 0.358. The quantitative estimate of drug-likeness (QED) is 0.581. The molecule has 1 heterocycles. The monoisotopic (exact) mass is 236 g/mol. The fourth-order valence-electron chi connectivity index (χ4n) is 1.18. The molecule has 14 heavy (non-hydrogen) atoms. The maximum absolute atomic E-state index is 11.1. The standard InChI is InChI=1S/C8H12O4S2/c1-12-8(11)5(7(9)10)4-6-13-2-3-14-6/h5-6H,2-4H2,1H3,(H,9,10). The number of esters is 1. The Labute approximate surface area is 90.8 Å². The fraction of sp³-hybridized carbons (Fsp3) is 0.750. The minimum atomic E-state index is -1.09. The lowest BCUT2D eigenvalue weighted by Crippen LogP contribution is -2.27. The molecule has 1 rings (SSSR count). The normalized spacial score (nSPS) is 19.2. The number of thioether (sulfide) groups is 2. The van der Waals surface area contributed by atoms with E-state index >= 15 is 0 Å². The molecule has 0 saturated carbocycles. The van der Waals surface area contributed by atoms with E-state index in [0.29, 0.717) is 6.42 Å². The second-order valence-electron chi connectivity index (χ2n) is 2.82. The molecule has 1 atom stereocenters. The van der Waals surface area contributed by atoms with Gasteiger partial charge in [0.05, 0.1) is 11.7 Å². The number of carbonyl (C=O) groups is 2. The SMILES string of the molecule is COC(=O)C(CC1SCCS1)C(=O)O. The van der Waals surface area contributed by atoms with E-state index in [1.807, 2.05) is 0 Å². The number of ether oxygens (including phenoxy) is 1. The molecule has 1 aliphatic heterocycles. The third-order valence-corrected chi connectivity index (χ3v) is 4.99. The molecule has 0 radical (unpaired) electrons.